The number of phenolic OH excluding ortho intramolecular Hbond substituents is 1. The summed E-state index contributed by atoms with van der Waals surface area (Å²) in [5, 5.41) is 24.4. The van der Waals surface area contributed by atoms with Crippen LogP contribution in [0.5, 0.6) is 11.5 Å². The molecule has 2 bridgehead atoms. The molecule has 1 spiro atoms. The number of piperidine rings is 1. The monoisotopic (exact) mass is 579 g/mol. The fourth-order valence-corrected chi connectivity index (χ4v) is 8.78. The third kappa shape index (κ3) is 4.03. The molecule has 1 amide bonds. The second kappa shape index (κ2) is 10.2. The maximum absolute atomic E-state index is 13.5. The van der Waals surface area contributed by atoms with Crippen LogP contribution in [0.2, 0.25) is 0 Å². The van der Waals surface area contributed by atoms with Crippen LogP contribution in [0.3, 0.4) is 0 Å². The zero-order chi connectivity index (χ0) is 29.9. The summed E-state index contributed by atoms with van der Waals surface area (Å²) in [6.45, 7) is 3.44. The SMILES string of the molecule is Cc1cccc(C=CC(=O)N(C)[C@@H]2CC[C@@]3([N+](=O)[O-])[C@H]4Cc5ccc(O)c6c5[C@@]3(CCN4CCc3ccccc3)[C@H]2O6)c1. The third-order valence-corrected chi connectivity index (χ3v) is 10.7. The summed E-state index contributed by atoms with van der Waals surface area (Å²) >= 11 is 0. The smallest absolute Gasteiger partial charge is 0.251 e. The Bertz CT molecular complexity index is 1620. The first-order valence-corrected chi connectivity index (χ1v) is 15.2. The molecule has 222 valence electrons. The van der Waals surface area contributed by atoms with Gasteiger partial charge in [0.15, 0.2) is 11.5 Å². The zero-order valence-corrected chi connectivity index (χ0v) is 24.6. The Kier molecular flexibility index (Phi) is 6.58. The van der Waals surface area contributed by atoms with Crippen LogP contribution in [-0.2, 0) is 23.1 Å². The van der Waals surface area contributed by atoms with Crippen molar-refractivity contribution >= 4 is 12.0 Å². The van der Waals surface area contributed by atoms with Crippen molar-refractivity contribution in [3.05, 3.63) is 111 Å². The molecule has 0 radical (unpaired) electrons. The van der Waals surface area contributed by atoms with E-state index in [1.54, 1.807) is 24.1 Å². The highest BCUT2D eigenvalue weighted by atomic mass is 16.6. The van der Waals surface area contributed by atoms with Crippen LogP contribution in [0.15, 0.2) is 72.8 Å². The molecular weight excluding hydrogens is 542 g/mol. The molecule has 2 aliphatic carbocycles. The van der Waals surface area contributed by atoms with Crippen molar-refractivity contribution < 1.29 is 19.6 Å². The largest absolute Gasteiger partial charge is 0.504 e. The number of rotatable bonds is 7. The predicted molar refractivity (Wildman–Crippen MR) is 164 cm³/mol. The highest BCUT2D eigenvalue weighted by Crippen LogP contribution is 2.66. The molecule has 2 aliphatic heterocycles. The lowest BCUT2D eigenvalue weighted by Gasteiger charge is -2.61. The summed E-state index contributed by atoms with van der Waals surface area (Å²) in [4.78, 5) is 31.0. The Morgan fingerprint density at radius 2 is 1.98 bits per heavy atom. The summed E-state index contributed by atoms with van der Waals surface area (Å²) in [5.74, 6) is 0.206. The number of benzene rings is 3. The van der Waals surface area contributed by atoms with Crippen LogP contribution >= 0.6 is 0 Å². The van der Waals surface area contributed by atoms with E-state index in [0.717, 1.165) is 35.2 Å². The number of likely N-dealkylation sites (N-methyl/N-ethyl adjacent to an activating group) is 1. The average Bonchev–Trinajstić information content (AvgIpc) is 3.36. The van der Waals surface area contributed by atoms with E-state index >= 15 is 0 Å². The predicted octanol–water partition coefficient (Wildman–Crippen LogP) is 4.92. The maximum atomic E-state index is 13.5. The van der Waals surface area contributed by atoms with Gasteiger partial charge in [0.2, 0.25) is 5.91 Å². The first-order valence-electron chi connectivity index (χ1n) is 15.2. The molecular formula is C35H37N3O5. The molecule has 7 rings (SSSR count). The van der Waals surface area contributed by atoms with Gasteiger partial charge in [-0.05, 0) is 68.0 Å². The second-order valence-corrected chi connectivity index (χ2v) is 12.7. The highest BCUT2D eigenvalue weighted by molar-refractivity contribution is 5.92. The lowest BCUT2D eigenvalue weighted by atomic mass is 9.46. The molecule has 0 aromatic heterocycles. The van der Waals surface area contributed by atoms with E-state index in [9.17, 15) is 20.0 Å². The number of nitro groups is 1. The van der Waals surface area contributed by atoms with E-state index in [1.165, 1.54) is 5.56 Å². The molecule has 3 aromatic rings. The molecule has 1 saturated carbocycles. The van der Waals surface area contributed by atoms with Crippen molar-refractivity contribution in [3.8, 4) is 11.5 Å². The van der Waals surface area contributed by atoms with Crippen molar-refractivity contribution in [2.45, 2.75) is 68.2 Å². The number of nitrogens with zero attached hydrogens (tertiary/aromatic N) is 3. The van der Waals surface area contributed by atoms with Crippen LogP contribution in [0.4, 0.5) is 0 Å². The van der Waals surface area contributed by atoms with E-state index in [-0.39, 0.29) is 28.7 Å². The number of hydrogen-bond acceptors (Lipinski definition) is 6. The van der Waals surface area contributed by atoms with Gasteiger partial charge in [0.25, 0.3) is 5.54 Å². The van der Waals surface area contributed by atoms with Crippen LogP contribution in [0.1, 0.15) is 47.1 Å². The van der Waals surface area contributed by atoms with Crippen molar-refractivity contribution in [1.29, 1.82) is 0 Å². The van der Waals surface area contributed by atoms with Crippen LogP contribution in [0, 0.1) is 17.0 Å². The third-order valence-electron chi connectivity index (χ3n) is 10.7. The number of carbonyl (C=O) groups excluding carboxylic acids is 1. The molecule has 4 aliphatic rings. The van der Waals surface area contributed by atoms with Gasteiger partial charge in [-0.3, -0.25) is 19.8 Å². The summed E-state index contributed by atoms with van der Waals surface area (Å²) in [6, 6.07) is 21.1. The van der Waals surface area contributed by atoms with Crippen LogP contribution < -0.4 is 4.74 Å². The molecule has 2 heterocycles. The first kappa shape index (κ1) is 27.7. The van der Waals surface area contributed by atoms with E-state index in [4.69, 9.17) is 4.74 Å². The number of hydrogen-bond donors (Lipinski definition) is 1. The average molecular weight is 580 g/mol. The number of amides is 1. The van der Waals surface area contributed by atoms with E-state index in [1.807, 2.05) is 61.5 Å². The Hall–Kier alpha value is -4.17. The molecule has 8 heteroatoms. The summed E-state index contributed by atoms with van der Waals surface area (Å²) in [7, 11) is 1.77. The highest BCUT2D eigenvalue weighted by Gasteiger charge is 2.80. The normalized spacial score (nSPS) is 28.7. The Labute approximate surface area is 251 Å². The number of carbonyl (C=O) groups is 1. The van der Waals surface area contributed by atoms with Crippen molar-refractivity contribution in [3.63, 3.8) is 0 Å². The lowest BCUT2D eigenvalue weighted by Crippen LogP contribution is -2.80. The van der Waals surface area contributed by atoms with E-state index < -0.39 is 17.1 Å². The Morgan fingerprint density at radius 1 is 1.16 bits per heavy atom. The number of aromatic hydroxyl groups is 1. The summed E-state index contributed by atoms with van der Waals surface area (Å²) < 4.78 is 6.62. The van der Waals surface area contributed by atoms with Crippen molar-refractivity contribution in [1.82, 2.24) is 9.80 Å². The molecule has 3 aromatic carbocycles. The minimum atomic E-state index is -1.28. The number of aryl methyl sites for hydroxylation is 1. The van der Waals surface area contributed by atoms with E-state index in [0.29, 0.717) is 38.0 Å². The quantitative estimate of drug-likeness (QED) is 0.243. The minimum absolute atomic E-state index is 0.0109. The molecule has 8 nitrogen and oxygen atoms in total. The molecule has 1 saturated heterocycles. The molecule has 2 fully saturated rings. The molecule has 43 heavy (non-hydrogen) atoms. The van der Waals surface area contributed by atoms with E-state index in [2.05, 4.69) is 17.0 Å². The van der Waals surface area contributed by atoms with Gasteiger partial charge in [0.1, 0.15) is 11.5 Å². The number of likely N-dealkylation sites (tertiary alicyclic amines) is 1. The van der Waals surface area contributed by atoms with Gasteiger partial charge >= 0.3 is 0 Å². The van der Waals surface area contributed by atoms with Crippen LogP contribution in [0.25, 0.3) is 6.08 Å². The van der Waals surface area contributed by atoms with Gasteiger partial charge in [0, 0.05) is 36.6 Å². The van der Waals surface area contributed by atoms with Gasteiger partial charge in [-0.15, -0.1) is 0 Å². The van der Waals surface area contributed by atoms with Gasteiger partial charge in [-0.25, -0.2) is 0 Å². The van der Waals surface area contributed by atoms with Gasteiger partial charge in [-0.2, -0.15) is 0 Å². The fourth-order valence-electron chi connectivity index (χ4n) is 8.78. The summed E-state index contributed by atoms with van der Waals surface area (Å²) in [6.07, 6.45) is 5.42. The van der Waals surface area contributed by atoms with Gasteiger partial charge in [-0.1, -0.05) is 66.2 Å². The lowest BCUT2D eigenvalue weighted by molar-refractivity contribution is -0.606. The topological polar surface area (TPSA) is 96.2 Å². The van der Waals surface area contributed by atoms with Gasteiger partial charge in [0.05, 0.1) is 12.1 Å². The standard InChI is InChI=1S/C35H37N3O5/c1-23-7-6-10-25(21-23)11-14-30(40)36(2)27-15-17-35(38(41)42)29-22-26-12-13-28(39)32-31(26)34(35,33(27)43-32)18-20-37(29)19-16-24-8-4-3-5-9-24/h3-14,21,27,29,33,39H,15-20,22H2,1-2H3/t27-,29-,33+,34+,35-/m1/s1. The Morgan fingerprint density at radius 3 is 2.74 bits per heavy atom. The van der Waals surface area contributed by atoms with Crippen LogP contribution in [-0.4, -0.2) is 69.6 Å². The second-order valence-electron chi connectivity index (χ2n) is 12.7. The maximum Gasteiger partial charge on any atom is 0.251 e. The fraction of sp³-hybridized carbons (Fsp3) is 0.400. The van der Waals surface area contributed by atoms with Crippen molar-refractivity contribution in [2.75, 3.05) is 20.1 Å². The first-order chi connectivity index (χ1) is 20.8. The number of phenols is 1. The van der Waals surface area contributed by atoms with Crippen molar-refractivity contribution in [2.24, 2.45) is 0 Å². The summed E-state index contributed by atoms with van der Waals surface area (Å²) in [5.41, 5.74) is 2.85. The zero-order valence-electron chi connectivity index (χ0n) is 24.6. The Balaban J connectivity index is 1.26. The minimum Gasteiger partial charge on any atom is -0.504 e. The molecule has 1 N–H and O–H groups in total. The molecule has 5 atom stereocenters. The number of ether oxygens (including phenoxy) is 1. The molecule has 0 unspecified atom stereocenters. The van der Waals surface area contributed by atoms with Gasteiger partial charge < -0.3 is 14.7 Å².